The molecule has 148 valence electrons. The molecule has 1 aromatic carbocycles. The number of carbonyl (C=O) groups excluding carboxylic acids is 1. The van der Waals surface area contributed by atoms with Gasteiger partial charge in [0.1, 0.15) is 6.10 Å². The van der Waals surface area contributed by atoms with Crippen molar-refractivity contribution in [2.24, 2.45) is 4.99 Å². The van der Waals surface area contributed by atoms with E-state index in [1.54, 1.807) is 0 Å². The van der Waals surface area contributed by atoms with Gasteiger partial charge in [0.15, 0.2) is 5.96 Å². The molecular weight excluding hydrogens is 340 g/mol. The second-order valence-corrected chi connectivity index (χ2v) is 7.26. The topological polar surface area (TPSA) is 57.2 Å². The normalized spacial score (nSPS) is 22.0. The van der Waals surface area contributed by atoms with Gasteiger partial charge in [0, 0.05) is 52.3 Å². The summed E-state index contributed by atoms with van der Waals surface area (Å²) in [5.74, 6) is 1.55. The van der Waals surface area contributed by atoms with Crippen molar-refractivity contribution >= 4 is 11.9 Å². The Labute approximate surface area is 162 Å². The third-order valence-electron chi connectivity index (χ3n) is 5.58. The molecule has 2 aliphatic rings. The van der Waals surface area contributed by atoms with Gasteiger partial charge in [-0.3, -0.25) is 9.79 Å². The summed E-state index contributed by atoms with van der Waals surface area (Å²) in [7, 11) is 1.83. The number of aliphatic imine (C=N–C) groups is 1. The van der Waals surface area contributed by atoms with E-state index in [0.29, 0.717) is 12.5 Å². The molecule has 2 aliphatic heterocycles. The van der Waals surface area contributed by atoms with Gasteiger partial charge in [-0.05, 0) is 24.8 Å². The van der Waals surface area contributed by atoms with E-state index >= 15 is 0 Å². The van der Waals surface area contributed by atoms with Crippen LogP contribution in [0.4, 0.5) is 0 Å². The summed E-state index contributed by atoms with van der Waals surface area (Å²) in [5, 5.41) is 3.54. The zero-order chi connectivity index (χ0) is 19.1. The molecule has 0 aromatic heterocycles. The van der Waals surface area contributed by atoms with E-state index in [2.05, 4.69) is 52.5 Å². The Bertz CT molecular complexity index is 620. The highest BCUT2D eigenvalue weighted by molar-refractivity contribution is 5.82. The molecule has 3 rings (SSSR count). The van der Waals surface area contributed by atoms with Crippen LogP contribution in [-0.4, -0.2) is 74.1 Å². The molecule has 2 unspecified atom stereocenters. The number of hydrogen-bond donors (Lipinski definition) is 1. The molecular formula is C21H32N4O2. The van der Waals surface area contributed by atoms with Crippen molar-refractivity contribution in [2.45, 2.75) is 38.2 Å². The van der Waals surface area contributed by atoms with Crippen LogP contribution < -0.4 is 5.32 Å². The highest BCUT2D eigenvalue weighted by Crippen LogP contribution is 2.19. The van der Waals surface area contributed by atoms with E-state index < -0.39 is 0 Å². The van der Waals surface area contributed by atoms with E-state index in [-0.39, 0.29) is 12.0 Å². The van der Waals surface area contributed by atoms with Gasteiger partial charge >= 0.3 is 0 Å². The molecule has 2 heterocycles. The number of benzene rings is 1. The average molecular weight is 373 g/mol. The van der Waals surface area contributed by atoms with Crippen molar-refractivity contribution in [2.75, 3.05) is 46.4 Å². The fraction of sp³-hybridized carbons (Fsp3) is 0.619. The van der Waals surface area contributed by atoms with Gasteiger partial charge in [-0.25, -0.2) is 0 Å². The van der Waals surface area contributed by atoms with E-state index in [1.807, 2.05) is 11.9 Å². The first-order valence-electron chi connectivity index (χ1n) is 10.1. The molecule has 2 fully saturated rings. The van der Waals surface area contributed by atoms with Gasteiger partial charge in [-0.2, -0.15) is 0 Å². The summed E-state index contributed by atoms with van der Waals surface area (Å²) in [6.07, 6.45) is 2.72. The molecule has 1 aromatic rings. The summed E-state index contributed by atoms with van der Waals surface area (Å²) in [4.78, 5) is 21.1. The maximum absolute atomic E-state index is 12.5. The minimum atomic E-state index is -0.217. The van der Waals surface area contributed by atoms with Gasteiger partial charge in [0.2, 0.25) is 0 Å². The lowest BCUT2D eigenvalue weighted by molar-refractivity contribution is -0.142. The van der Waals surface area contributed by atoms with Crippen molar-refractivity contribution in [3.05, 3.63) is 35.9 Å². The monoisotopic (exact) mass is 372 g/mol. The maximum Gasteiger partial charge on any atom is 0.251 e. The number of ether oxygens (including phenoxy) is 1. The number of nitrogens with one attached hydrogen (secondary N) is 1. The zero-order valence-electron chi connectivity index (χ0n) is 16.6. The van der Waals surface area contributed by atoms with E-state index in [1.165, 1.54) is 5.56 Å². The molecule has 1 N–H and O–H groups in total. The second-order valence-electron chi connectivity index (χ2n) is 7.26. The lowest BCUT2D eigenvalue weighted by atomic mass is 9.96. The third kappa shape index (κ3) is 5.01. The number of amides is 1. The summed E-state index contributed by atoms with van der Waals surface area (Å²) in [5.41, 5.74) is 1.36. The Hall–Kier alpha value is -2.08. The number of guanidine groups is 1. The predicted molar refractivity (Wildman–Crippen MR) is 108 cm³/mol. The first-order valence-corrected chi connectivity index (χ1v) is 10.1. The van der Waals surface area contributed by atoms with Crippen molar-refractivity contribution in [1.29, 1.82) is 0 Å². The fourth-order valence-corrected chi connectivity index (χ4v) is 3.88. The summed E-state index contributed by atoms with van der Waals surface area (Å²) < 4.78 is 5.54. The first-order chi connectivity index (χ1) is 13.2. The van der Waals surface area contributed by atoms with Crippen LogP contribution in [0.25, 0.3) is 0 Å². The van der Waals surface area contributed by atoms with Crippen LogP contribution >= 0.6 is 0 Å². The van der Waals surface area contributed by atoms with E-state index in [9.17, 15) is 4.79 Å². The van der Waals surface area contributed by atoms with Crippen LogP contribution in [-0.2, 0) is 9.53 Å². The smallest absolute Gasteiger partial charge is 0.251 e. The van der Waals surface area contributed by atoms with E-state index in [0.717, 1.165) is 57.9 Å². The van der Waals surface area contributed by atoms with E-state index in [4.69, 9.17) is 4.74 Å². The highest BCUT2D eigenvalue weighted by Gasteiger charge is 2.30. The molecule has 2 atom stereocenters. The molecule has 0 spiro atoms. The molecule has 0 saturated carbocycles. The maximum atomic E-state index is 12.5. The molecule has 1 amide bonds. The van der Waals surface area contributed by atoms with Gasteiger partial charge in [0.25, 0.3) is 5.91 Å². The number of nitrogens with zero attached hydrogens (tertiary/aromatic N) is 3. The van der Waals surface area contributed by atoms with Crippen molar-refractivity contribution in [3.63, 3.8) is 0 Å². The largest absolute Gasteiger partial charge is 0.368 e. The quantitative estimate of drug-likeness (QED) is 0.635. The van der Waals surface area contributed by atoms with Gasteiger partial charge in [0.05, 0.1) is 0 Å². The summed E-state index contributed by atoms with van der Waals surface area (Å²) >= 11 is 0. The van der Waals surface area contributed by atoms with Crippen LogP contribution in [0, 0.1) is 0 Å². The minimum absolute atomic E-state index is 0.158. The Kier molecular flexibility index (Phi) is 7.10. The second kappa shape index (κ2) is 9.74. The van der Waals surface area contributed by atoms with Crippen LogP contribution in [0.15, 0.2) is 35.3 Å². The van der Waals surface area contributed by atoms with Crippen LogP contribution in [0.1, 0.15) is 37.7 Å². The molecule has 0 bridgehead atoms. The standard InChI is InChI=1S/C21H32N4O2/c1-3-17(18-8-5-4-6-9-18)16-23-21(22-2)25-13-11-24(12-14-25)20(26)19-10-7-15-27-19/h4-6,8-9,17,19H,3,7,10-16H2,1-2H3,(H,22,23). The van der Waals surface area contributed by atoms with Crippen LogP contribution in [0.3, 0.4) is 0 Å². The Balaban J connectivity index is 1.49. The third-order valence-corrected chi connectivity index (χ3v) is 5.58. The fourth-order valence-electron chi connectivity index (χ4n) is 3.88. The first kappa shape index (κ1) is 19.7. The molecule has 0 radical (unpaired) electrons. The van der Waals surface area contributed by atoms with Gasteiger partial charge < -0.3 is 19.9 Å². The lowest BCUT2D eigenvalue weighted by Gasteiger charge is -2.37. The van der Waals surface area contributed by atoms with Crippen molar-refractivity contribution in [1.82, 2.24) is 15.1 Å². The van der Waals surface area contributed by atoms with Crippen LogP contribution in [0.2, 0.25) is 0 Å². The Morgan fingerprint density at radius 3 is 2.52 bits per heavy atom. The average Bonchev–Trinajstić information content (AvgIpc) is 3.27. The lowest BCUT2D eigenvalue weighted by Crippen LogP contribution is -2.55. The molecule has 6 heteroatoms. The number of rotatable bonds is 5. The molecule has 6 nitrogen and oxygen atoms in total. The minimum Gasteiger partial charge on any atom is -0.368 e. The van der Waals surface area contributed by atoms with Crippen molar-refractivity contribution in [3.8, 4) is 0 Å². The number of piperazine rings is 1. The summed E-state index contributed by atoms with van der Waals surface area (Å²) in [6, 6.07) is 10.6. The van der Waals surface area contributed by atoms with Crippen molar-refractivity contribution < 1.29 is 9.53 Å². The van der Waals surface area contributed by atoms with Gasteiger partial charge in [-0.1, -0.05) is 37.3 Å². The highest BCUT2D eigenvalue weighted by atomic mass is 16.5. The zero-order valence-corrected chi connectivity index (χ0v) is 16.6. The molecule has 0 aliphatic carbocycles. The molecule has 27 heavy (non-hydrogen) atoms. The van der Waals surface area contributed by atoms with Crippen LogP contribution in [0.5, 0.6) is 0 Å². The van der Waals surface area contributed by atoms with Gasteiger partial charge in [-0.15, -0.1) is 0 Å². The predicted octanol–water partition coefficient (Wildman–Crippen LogP) is 2.08. The summed E-state index contributed by atoms with van der Waals surface area (Å²) in [6.45, 7) is 6.87. The SMILES string of the molecule is CCC(CNC(=NC)N1CCN(C(=O)C2CCCO2)CC1)c1ccccc1. The number of carbonyl (C=O) groups is 1. The Morgan fingerprint density at radius 1 is 1.22 bits per heavy atom. The molecule has 2 saturated heterocycles. The number of hydrogen-bond acceptors (Lipinski definition) is 3. The Morgan fingerprint density at radius 2 is 1.93 bits per heavy atom.